The number of benzene rings is 1. The number of ether oxygens (including phenoxy) is 1. The lowest BCUT2D eigenvalue weighted by Crippen LogP contribution is -2.33. The average molecular weight is 265 g/mol. The molecule has 0 bridgehead atoms. The Morgan fingerprint density at radius 2 is 1.84 bits per heavy atom. The standard InChI is InChI=1S/C12H15N3O4/c1-2-19-12(18)15-9-5-3-8(4-6-9)11(17)14-7-10(13)16/h3-6H,2,7H2,1H3,(H2,13,16)(H,14,17)(H,15,18). The van der Waals surface area contributed by atoms with E-state index in [1.165, 1.54) is 12.1 Å². The largest absolute Gasteiger partial charge is 0.450 e. The molecule has 0 fully saturated rings. The lowest BCUT2D eigenvalue weighted by molar-refractivity contribution is -0.117. The summed E-state index contributed by atoms with van der Waals surface area (Å²) in [6.07, 6.45) is -0.562. The molecule has 0 aliphatic carbocycles. The monoisotopic (exact) mass is 265 g/mol. The molecule has 0 heterocycles. The van der Waals surface area contributed by atoms with Gasteiger partial charge in [-0.15, -0.1) is 0 Å². The topological polar surface area (TPSA) is 111 Å². The Morgan fingerprint density at radius 3 is 2.37 bits per heavy atom. The summed E-state index contributed by atoms with van der Waals surface area (Å²) in [5.74, 6) is -1.03. The third-order valence-corrected chi connectivity index (χ3v) is 2.09. The molecule has 0 radical (unpaired) electrons. The highest BCUT2D eigenvalue weighted by molar-refractivity contribution is 5.96. The van der Waals surface area contributed by atoms with E-state index in [-0.39, 0.29) is 13.2 Å². The van der Waals surface area contributed by atoms with Crippen molar-refractivity contribution in [3.05, 3.63) is 29.8 Å². The Kier molecular flexibility index (Phi) is 5.34. The number of carbonyl (C=O) groups excluding carboxylic acids is 3. The van der Waals surface area contributed by atoms with Gasteiger partial charge >= 0.3 is 6.09 Å². The first-order valence-electron chi connectivity index (χ1n) is 5.63. The molecule has 19 heavy (non-hydrogen) atoms. The number of hydrogen-bond acceptors (Lipinski definition) is 4. The van der Waals surface area contributed by atoms with Crippen LogP contribution >= 0.6 is 0 Å². The third kappa shape index (κ3) is 5.07. The van der Waals surface area contributed by atoms with Gasteiger partial charge in [0, 0.05) is 11.3 Å². The minimum Gasteiger partial charge on any atom is -0.450 e. The normalized spacial score (nSPS) is 9.53. The van der Waals surface area contributed by atoms with Gasteiger partial charge in [0.05, 0.1) is 13.2 Å². The van der Waals surface area contributed by atoms with E-state index >= 15 is 0 Å². The van der Waals surface area contributed by atoms with Crippen LogP contribution in [0.3, 0.4) is 0 Å². The fraction of sp³-hybridized carbons (Fsp3) is 0.250. The first kappa shape index (κ1) is 14.5. The summed E-state index contributed by atoms with van der Waals surface area (Å²) in [6.45, 7) is 1.76. The third-order valence-electron chi connectivity index (χ3n) is 2.09. The van der Waals surface area contributed by atoms with Crippen LogP contribution in [-0.4, -0.2) is 31.1 Å². The van der Waals surface area contributed by atoms with E-state index in [1.807, 2.05) is 0 Å². The number of nitrogens with two attached hydrogens (primary N) is 1. The summed E-state index contributed by atoms with van der Waals surface area (Å²) in [5, 5.41) is 4.85. The van der Waals surface area contributed by atoms with Gasteiger partial charge in [-0.05, 0) is 31.2 Å². The maximum absolute atomic E-state index is 11.6. The fourth-order valence-electron chi connectivity index (χ4n) is 1.26. The van der Waals surface area contributed by atoms with Crippen molar-refractivity contribution in [1.29, 1.82) is 0 Å². The van der Waals surface area contributed by atoms with Crippen LogP contribution in [0.15, 0.2) is 24.3 Å². The van der Waals surface area contributed by atoms with Gasteiger partial charge in [0.1, 0.15) is 0 Å². The van der Waals surface area contributed by atoms with E-state index in [0.717, 1.165) is 0 Å². The molecular weight excluding hydrogens is 250 g/mol. The zero-order chi connectivity index (χ0) is 14.3. The van der Waals surface area contributed by atoms with Crippen molar-refractivity contribution < 1.29 is 19.1 Å². The number of amides is 3. The minimum atomic E-state index is -0.617. The molecule has 0 unspecified atom stereocenters. The molecule has 0 saturated heterocycles. The first-order valence-corrected chi connectivity index (χ1v) is 5.63. The molecule has 7 nitrogen and oxygen atoms in total. The summed E-state index contributed by atoms with van der Waals surface area (Å²) in [5.41, 5.74) is 5.77. The van der Waals surface area contributed by atoms with Crippen molar-refractivity contribution in [3.8, 4) is 0 Å². The molecule has 1 aromatic carbocycles. The predicted molar refractivity (Wildman–Crippen MR) is 68.6 cm³/mol. The Morgan fingerprint density at radius 1 is 1.21 bits per heavy atom. The smallest absolute Gasteiger partial charge is 0.411 e. The molecule has 1 aromatic rings. The summed E-state index contributed by atoms with van der Waals surface area (Å²) >= 11 is 0. The first-order chi connectivity index (χ1) is 9.02. The number of primary amides is 1. The molecule has 0 aliphatic rings. The second kappa shape index (κ2) is 7.00. The molecule has 3 amide bonds. The van der Waals surface area contributed by atoms with E-state index in [2.05, 4.69) is 10.6 Å². The summed E-state index contributed by atoms with van der Waals surface area (Å²) in [7, 11) is 0. The zero-order valence-electron chi connectivity index (χ0n) is 10.4. The molecule has 0 saturated carbocycles. The highest BCUT2D eigenvalue weighted by atomic mass is 16.5. The minimum absolute atomic E-state index is 0.221. The molecule has 7 heteroatoms. The van der Waals surface area contributed by atoms with Gasteiger partial charge in [-0.2, -0.15) is 0 Å². The quantitative estimate of drug-likeness (QED) is 0.718. The molecule has 0 atom stereocenters. The van der Waals surface area contributed by atoms with Crippen molar-refractivity contribution in [2.24, 2.45) is 5.73 Å². The molecule has 102 valence electrons. The SMILES string of the molecule is CCOC(=O)Nc1ccc(C(=O)NCC(N)=O)cc1. The summed E-state index contributed by atoms with van der Waals surface area (Å²) < 4.78 is 4.71. The fourth-order valence-corrected chi connectivity index (χ4v) is 1.26. The highest BCUT2D eigenvalue weighted by Gasteiger charge is 2.07. The number of carbonyl (C=O) groups is 3. The van der Waals surface area contributed by atoms with E-state index in [1.54, 1.807) is 19.1 Å². The lowest BCUT2D eigenvalue weighted by atomic mass is 10.2. The van der Waals surface area contributed by atoms with E-state index in [9.17, 15) is 14.4 Å². The second-order valence-corrected chi connectivity index (χ2v) is 3.57. The number of hydrogen-bond donors (Lipinski definition) is 3. The Hall–Kier alpha value is -2.57. The van der Waals surface area contributed by atoms with E-state index in [0.29, 0.717) is 11.3 Å². The molecule has 4 N–H and O–H groups in total. The molecule has 0 aliphatic heterocycles. The van der Waals surface area contributed by atoms with Crippen LogP contribution in [0.1, 0.15) is 17.3 Å². The second-order valence-electron chi connectivity index (χ2n) is 3.57. The van der Waals surface area contributed by atoms with Crippen LogP contribution in [0, 0.1) is 0 Å². The number of nitrogens with one attached hydrogen (secondary N) is 2. The van der Waals surface area contributed by atoms with Crippen molar-refractivity contribution in [1.82, 2.24) is 5.32 Å². The molecule has 0 spiro atoms. The highest BCUT2D eigenvalue weighted by Crippen LogP contribution is 2.09. The van der Waals surface area contributed by atoms with Crippen molar-refractivity contribution in [2.45, 2.75) is 6.92 Å². The van der Waals surface area contributed by atoms with Crippen molar-refractivity contribution in [3.63, 3.8) is 0 Å². The summed E-state index contributed by atoms with van der Waals surface area (Å²) in [4.78, 5) is 33.2. The van der Waals surface area contributed by atoms with E-state index in [4.69, 9.17) is 10.5 Å². The number of rotatable bonds is 5. The van der Waals surface area contributed by atoms with Crippen LogP contribution in [0.5, 0.6) is 0 Å². The van der Waals surface area contributed by atoms with Crippen molar-refractivity contribution in [2.75, 3.05) is 18.5 Å². The molecular formula is C12H15N3O4. The van der Waals surface area contributed by atoms with Crippen LogP contribution in [0.2, 0.25) is 0 Å². The zero-order valence-corrected chi connectivity index (χ0v) is 10.4. The van der Waals surface area contributed by atoms with Gasteiger partial charge in [-0.25, -0.2) is 4.79 Å². The van der Waals surface area contributed by atoms with Gasteiger partial charge in [0.15, 0.2) is 0 Å². The van der Waals surface area contributed by atoms with Gasteiger partial charge < -0.3 is 15.8 Å². The van der Waals surface area contributed by atoms with Gasteiger partial charge in [0.25, 0.3) is 5.91 Å². The van der Waals surface area contributed by atoms with Gasteiger partial charge in [0.2, 0.25) is 5.91 Å². The Balaban J connectivity index is 2.58. The van der Waals surface area contributed by atoms with Gasteiger partial charge in [-0.3, -0.25) is 14.9 Å². The molecule has 0 aromatic heterocycles. The van der Waals surface area contributed by atoms with Crippen LogP contribution in [0.4, 0.5) is 10.5 Å². The van der Waals surface area contributed by atoms with E-state index < -0.39 is 17.9 Å². The van der Waals surface area contributed by atoms with Gasteiger partial charge in [-0.1, -0.05) is 0 Å². The lowest BCUT2D eigenvalue weighted by Gasteiger charge is -2.06. The predicted octanol–water partition coefficient (Wildman–Crippen LogP) is 0.470. The van der Waals surface area contributed by atoms with Crippen LogP contribution in [-0.2, 0) is 9.53 Å². The maximum Gasteiger partial charge on any atom is 0.411 e. The van der Waals surface area contributed by atoms with Crippen LogP contribution < -0.4 is 16.4 Å². The van der Waals surface area contributed by atoms with Crippen molar-refractivity contribution >= 4 is 23.6 Å². The average Bonchev–Trinajstić information content (AvgIpc) is 2.37. The Bertz CT molecular complexity index is 470. The van der Waals surface area contributed by atoms with Crippen LogP contribution in [0.25, 0.3) is 0 Å². The molecule has 1 rings (SSSR count). The maximum atomic E-state index is 11.6. The number of anilines is 1. The Labute approximate surface area is 110 Å². The summed E-state index contributed by atoms with van der Waals surface area (Å²) in [6, 6.07) is 6.13.